The summed E-state index contributed by atoms with van der Waals surface area (Å²) in [6.45, 7) is 5.67. The van der Waals surface area contributed by atoms with E-state index in [0.29, 0.717) is 6.54 Å². The van der Waals surface area contributed by atoms with E-state index in [2.05, 4.69) is 27.3 Å². The molecule has 0 aliphatic carbocycles. The monoisotopic (exact) mass is 298 g/mol. The van der Waals surface area contributed by atoms with E-state index >= 15 is 0 Å². The van der Waals surface area contributed by atoms with E-state index in [1.807, 2.05) is 36.4 Å². The van der Waals surface area contributed by atoms with Crippen LogP contribution in [0.25, 0.3) is 11.3 Å². The Hall–Kier alpha value is -2.30. The van der Waals surface area contributed by atoms with Crippen LogP contribution >= 0.6 is 0 Å². The van der Waals surface area contributed by atoms with E-state index in [1.54, 1.807) is 0 Å². The summed E-state index contributed by atoms with van der Waals surface area (Å²) >= 11 is 0. The normalized spacial score (nSPS) is 15.3. The van der Waals surface area contributed by atoms with E-state index in [9.17, 15) is 0 Å². The molecule has 2 heterocycles. The summed E-state index contributed by atoms with van der Waals surface area (Å²) < 4.78 is 5.42. The van der Waals surface area contributed by atoms with Crippen molar-refractivity contribution in [1.82, 2.24) is 15.4 Å². The van der Waals surface area contributed by atoms with Crippen LogP contribution in [-0.2, 0) is 6.54 Å². The minimum atomic E-state index is 0.537. The van der Waals surface area contributed by atoms with E-state index in [0.717, 1.165) is 42.6 Å². The molecule has 0 unspecified atom stereocenters. The van der Waals surface area contributed by atoms with Crippen molar-refractivity contribution >= 4 is 5.96 Å². The molecule has 1 aromatic heterocycles. The first-order valence-corrected chi connectivity index (χ1v) is 7.91. The second kappa shape index (κ2) is 7.11. The molecule has 0 radical (unpaired) electrons. The standard InChI is InChI=1S/C17H22N4O/c1-2-18-17(21-10-6-7-11-21)19-13-15-12-16(22-20-15)14-8-4-3-5-9-14/h3-5,8-9,12H,2,6-7,10-11,13H2,1H3,(H,18,19). The van der Waals surface area contributed by atoms with E-state index in [4.69, 9.17) is 4.52 Å². The number of nitrogens with one attached hydrogen (secondary N) is 1. The van der Waals surface area contributed by atoms with Crippen LogP contribution in [0.2, 0.25) is 0 Å². The average molecular weight is 298 g/mol. The smallest absolute Gasteiger partial charge is 0.194 e. The van der Waals surface area contributed by atoms with E-state index in [-0.39, 0.29) is 0 Å². The minimum absolute atomic E-state index is 0.537. The Labute approximate surface area is 131 Å². The molecular weight excluding hydrogens is 276 g/mol. The maximum absolute atomic E-state index is 5.42. The van der Waals surface area contributed by atoms with Crippen molar-refractivity contribution in [3.05, 3.63) is 42.1 Å². The lowest BCUT2D eigenvalue weighted by Gasteiger charge is -2.20. The summed E-state index contributed by atoms with van der Waals surface area (Å²) in [6.07, 6.45) is 2.49. The van der Waals surface area contributed by atoms with Gasteiger partial charge in [-0.25, -0.2) is 4.99 Å². The quantitative estimate of drug-likeness (QED) is 0.696. The Bertz CT molecular complexity index is 615. The lowest BCUT2D eigenvalue weighted by molar-refractivity contribution is 0.423. The Morgan fingerprint density at radius 2 is 2.05 bits per heavy atom. The molecule has 1 aliphatic rings. The van der Waals surface area contributed by atoms with E-state index < -0.39 is 0 Å². The Morgan fingerprint density at radius 1 is 1.27 bits per heavy atom. The highest BCUT2D eigenvalue weighted by Gasteiger charge is 2.15. The number of aliphatic imine (C=N–C) groups is 1. The third-order valence-electron chi connectivity index (χ3n) is 3.75. The van der Waals surface area contributed by atoms with Crippen molar-refractivity contribution in [1.29, 1.82) is 0 Å². The molecule has 1 N–H and O–H groups in total. The van der Waals surface area contributed by atoms with Crippen LogP contribution in [0, 0.1) is 0 Å². The van der Waals surface area contributed by atoms with Crippen LogP contribution in [0.1, 0.15) is 25.5 Å². The van der Waals surface area contributed by atoms with Crippen molar-refractivity contribution in [3.8, 4) is 11.3 Å². The number of likely N-dealkylation sites (tertiary alicyclic amines) is 1. The fraction of sp³-hybridized carbons (Fsp3) is 0.412. The van der Waals surface area contributed by atoms with Gasteiger partial charge in [-0.1, -0.05) is 35.5 Å². The van der Waals surface area contributed by atoms with Gasteiger partial charge in [0.1, 0.15) is 5.69 Å². The SMILES string of the molecule is CCNC(=NCc1cc(-c2ccccc2)on1)N1CCCC1. The minimum Gasteiger partial charge on any atom is -0.357 e. The van der Waals surface area contributed by atoms with Crippen molar-refractivity contribution in [2.45, 2.75) is 26.3 Å². The van der Waals surface area contributed by atoms with Crippen molar-refractivity contribution in [2.75, 3.05) is 19.6 Å². The molecule has 1 aromatic carbocycles. The van der Waals surface area contributed by atoms with Crippen molar-refractivity contribution < 1.29 is 4.52 Å². The molecule has 3 rings (SSSR count). The molecule has 0 spiro atoms. The summed E-state index contributed by atoms with van der Waals surface area (Å²) in [4.78, 5) is 6.99. The van der Waals surface area contributed by atoms with Crippen LogP contribution in [0.3, 0.4) is 0 Å². The predicted octanol–water partition coefficient (Wildman–Crippen LogP) is 2.90. The summed E-state index contributed by atoms with van der Waals surface area (Å²) in [5.41, 5.74) is 1.89. The van der Waals surface area contributed by atoms with Crippen LogP contribution in [0.5, 0.6) is 0 Å². The van der Waals surface area contributed by atoms with Gasteiger partial charge in [0, 0.05) is 31.3 Å². The second-order valence-corrected chi connectivity index (χ2v) is 5.41. The summed E-state index contributed by atoms with van der Waals surface area (Å²) in [5, 5.41) is 7.47. The number of hydrogen-bond donors (Lipinski definition) is 1. The molecule has 5 heteroatoms. The van der Waals surface area contributed by atoms with Gasteiger partial charge in [0.15, 0.2) is 11.7 Å². The largest absolute Gasteiger partial charge is 0.357 e. The summed E-state index contributed by atoms with van der Waals surface area (Å²) in [7, 11) is 0. The third-order valence-corrected chi connectivity index (χ3v) is 3.75. The fourth-order valence-corrected chi connectivity index (χ4v) is 2.64. The number of rotatable bonds is 4. The molecule has 1 fully saturated rings. The number of aromatic nitrogens is 1. The van der Waals surface area contributed by atoms with Gasteiger partial charge in [-0.15, -0.1) is 0 Å². The molecule has 0 bridgehead atoms. The van der Waals surface area contributed by atoms with Gasteiger partial charge in [0.2, 0.25) is 0 Å². The Kier molecular flexibility index (Phi) is 4.73. The van der Waals surface area contributed by atoms with Crippen LogP contribution in [-0.4, -0.2) is 35.7 Å². The predicted molar refractivity (Wildman–Crippen MR) is 87.6 cm³/mol. The van der Waals surface area contributed by atoms with Gasteiger partial charge in [0.25, 0.3) is 0 Å². The van der Waals surface area contributed by atoms with Crippen molar-refractivity contribution in [2.24, 2.45) is 4.99 Å². The Morgan fingerprint density at radius 3 is 2.77 bits per heavy atom. The van der Waals surface area contributed by atoms with Crippen LogP contribution in [0.4, 0.5) is 0 Å². The number of nitrogens with zero attached hydrogens (tertiary/aromatic N) is 3. The zero-order valence-corrected chi connectivity index (χ0v) is 13.0. The molecule has 116 valence electrons. The molecular formula is C17H22N4O. The van der Waals surface area contributed by atoms with Gasteiger partial charge in [-0.05, 0) is 19.8 Å². The summed E-state index contributed by atoms with van der Waals surface area (Å²) in [5.74, 6) is 1.77. The molecule has 2 aromatic rings. The van der Waals surface area contributed by atoms with Gasteiger partial charge in [-0.2, -0.15) is 0 Å². The lowest BCUT2D eigenvalue weighted by atomic mass is 10.2. The first kappa shape index (κ1) is 14.6. The molecule has 5 nitrogen and oxygen atoms in total. The van der Waals surface area contributed by atoms with Crippen molar-refractivity contribution in [3.63, 3.8) is 0 Å². The first-order valence-electron chi connectivity index (χ1n) is 7.91. The zero-order chi connectivity index (χ0) is 15.2. The molecule has 22 heavy (non-hydrogen) atoms. The van der Waals surface area contributed by atoms with Crippen LogP contribution < -0.4 is 5.32 Å². The molecule has 0 atom stereocenters. The van der Waals surface area contributed by atoms with Gasteiger partial charge in [0.05, 0.1) is 6.54 Å². The molecule has 0 amide bonds. The highest BCUT2D eigenvalue weighted by Crippen LogP contribution is 2.20. The first-order chi connectivity index (χ1) is 10.9. The maximum Gasteiger partial charge on any atom is 0.194 e. The third kappa shape index (κ3) is 3.47. The lowest BCUT2D eigenvalue weighted by Crippen LogP contribution is -2.39. The maximum atomic E-state index is 5.42. The summed E-state index contributed by atoms with van der Waals surface area (Å²) in [6, 6.07) is 12.0. The average Bonchev–Trinajstić information content (AvgIpc) is 3.24. The highest BCUT2D eigenvalue weighted by atomic mass is 16.5. The molecule has 0 saturated carbocycles. The van der Waals surface area contributed by atoms with E-state index in [1.165, 1.54) is 12.8 Å². The van der Waals surface area contributed by atoms with Gasteiger partial charge in [-0.3, -0.25) is 0 Å². The molecule has 1 saturated heterocycles. The topological polar surface area (TPSA) is 53.7 Å². The van der Waals surface area contributed by atoms with Gasteiger partial charge >= 0.3 is 0 Å². The second-order valence-electron chi connectivity index (χ2n) is 5.41. The number of guanidine groups is 1. The highest BCUT2D eigenvalue weighted by molar-refractivity contribution is 5.80. The number of hydrogen-bond acceptors (Lipinski definition) is 3. The van der Waals surface area contributed by atoms with Gasteiger partial charge < -0.3 is 14.7 Å². The molecule has 1 aliphatic heterocycles. The van der Waals surface area contributed by atoms with Crippen LogP contribution in [0.15, 0.2) is 45.9 Å². The zero-order valence-electron chi connectivity index (χ0n) is 13.0. The Balaban J connectivity index is 1.69. The fourth-order valence-electron chi connectivity index (χ4n) is 2.64. The number of benzene rings is 1.